The third-order valence-electron chi connectivity index (χ3n) is 2.65. The maximum absolute atomic E-state index is 9.10. The van der Waals surface area contributed by atoms with Gasteiger partial charge in [0.25, 0.3) is 0 Å². The Morgan fingerprint density at radius 2 is 2.22 bits per heavy atom. The van der Waals surface area contributed by atoms with E-state index in [1.807, 2.05) is 18.7 Å². The number of fused-ring (bicyclic) bond motifs is 1. The molecule has 2 aromatic rings. The number of rotatable bonds is 6. The lowest BCUT2D eigenvalue weighted by Gasteiger charge is -2.21. The highest BCUT2D eigenvalue weighted by atomic mass is 16.3. The largest absolute Gasteiger partial charge is 0.395 e. The molecule has 98 valence electrons. The number of nitrogens with zero attached hydrogens (tertiary/aromatic N) is 4. The first-order valence-corrected chi connectivity index (χ1v) is 6.10. The van der Waals surface area contributed by atoms with E-state index >= 15 is 0 Å². The second-order valence-corrected chi connectivity index (χ2v) is 3.81. The summed E-state index contributed by atoms with van der Waals surface area (Å²) in [7, 11) is 0. The lowest BCUT2D eigenvalue weighted by atomic mass is 10.4. The summed E-state index contributed by atoms with van der Waals surface area (Å²) in [5.41, 5.74) is 1.43. The zero-order chi connectivity index (χ0) is 13.0. The molecule has 0 aliphatic carbocycles. The molecule has 0 spiro atoms. The minimum absolute atomic E-state index is 0.0873. The fourth-order valence-corrected chi connectivity index (χ4v) is 1.82. The van der Waals surface area contributed by atoms with Crippen molar-refractivity contribution in [3.05, 3.63) is 6.33 Å². The Morgan fingerprint density at radius 1 is 1.39 bits per heavy atom. The van der Waals surface area contributed by atoms with Crippen molar-refractivity contribution in [3.8, 4) is 0 Å². The Kier molecular flexibility index (Phi) is 3.93. The average Bonchev–Trinajstić information content (AvgIpc) is 2.83. The molecular weight excluding hydrogens is 232 g/mol. The van der Waals surface area contributed by atoms with Gasteiger partial charge in [-0.1, -0.05) is 0 Å². The molecule has 7 nitrogen and oxygen atoms in total. The van der Waals surface area contributed by atoms with Crippen LogP contribution in [0.15, 0.2) is 6.33 Å². The Hall–Kier alpha value is -1.89. The molecule has 0 radical (unpaired) electrons. The number of hydrogen-bond acceptors (Lipinski definition) is 6. The van der Waals surface area contributed by atoms with Gasteiger partial charge in [0.05, 0.1) is 12.9 Å². The minimum atomic E-state index is 0.0873. The zero-order valence-electron chi connectivity index (χ0n) is 10.6. The Balaban J connectivity index is 2.47. The van der Waals surface area contributed by atoms with Crippen molar-refractivity contribution in [3.63, 3.8) is 0 Å². The standard InChI is InChI=1S/C11H18N6O/c1-3-12-11-15-9-8(13-7-14-9)10(16-11)17(4-2)5-6-18/h7,18H,3-6H2,1-2H3,(H2,12,13,14,15,16). The lowest BCUT2D eigenvalue weighted by Crippen LogP contribution is -2.27. The number of hydrogen-bond donors (Lipinski definition) is 3. The van der Waals surface area contributed by atoms with Crippen LogP contribution < -0.4 is 10.2 Å². The van der Waals surface area contributed by atoms with Crippen LogP contribution in [0.2, 0.25) is 0 Å². The fourth-order valence-electron chi connectivity index (χ4n) is 1.82. The normalized spacial score (nSPS) is 10.8. The van der Waals surface area contributed by atoms with Gasteiger partial charge in [-0.3, -0.25) is 0 Å². The molecule has 0 fully saturated rings. The number of likely N-dealkylation sites (N-methyl/N-ethyl adjacent to an activating group) is 1. The van der Waals surface area contributed by atoms with Crippen molar-refractivity contribution in [2.45, 2.75) is 13.8 Å². The first-order chi connectivity index (χ1) is 8.80. The van der Waals surface area contributed by atoms with Crippen molar-refractivity contribution in [1.82, 2.24) is 19.9 Å². The van der Waals surface area contributed by atoms with Crippen LogP contribution in [0.25, 0.3) is 11.2 Å². The van der Waals surface area contributed by atoms with Crippen molar-refractivity contribution in [2.75, 3.05) is 36.5 Å². The Bertz CT molecular complexity index is 511. The van der Waals surface area contributed by atoms with Crippen molar-refractivity contribution in [2.24, 2.45) is 0 Å². The predicted molar refractivity (Wildman–Crippen MR) is 70.8 cm³/mol. The van der Waals surface area contributed by atoms with E-state index in [0.29, 0.717) is 18.1 Å². The SMILES string of the molecule is CCNc1nc(N(CC)CCO)c2[nH]cnc2n1. The van der Waals surface area contributed by atoms with E-state index in [9.17, 15) is 0 Å². The molecule has 2 heterocycles. The monoisotopic (exact) mass is 250 g/mol. The molecule has 0 amide bonds. The number of anilines is 2. The molecule has 3 N–H and O–H groups in total. The van der Waals surface area contributed by atoms with Crippen LogP contribution in [-0.2, 0) is 0 Å². The number of nitrogens with one attached hydrogen (secondary N) is 2. The van der Waals surface area contributed by atoms with Crippen LogP contribution in [0.4, 0.5) is 11.8 Å². The van der Waals surface area contributed by atoms with Gasteiger partial charge in [-0.25, -0.2) is 4.98 Å². The molecule has 0 bridgehead atoms. The number of imidazole rings is 1. The average molecular weight is 250 g/mol. The Labute approximate surface area is 105 Å². The van der Waals surface area contributed by atoms with Gasteiger partial charge in [-0.15, -0.1) is 0 Å². The topological polar surface area (TPSA) is 90.0 Å². The third-order valence-corrected chi connectivity index (χ3v) is 2.65. The van der Waals surface area contributed by atoms with Gasteiger partial charge in [0.15, 0.2) is 11.5 Å². The first-order valence-electron chi connectivity index (χ1n) is 6.10. The van der Waals surface area contributed by atoms with E-state index in [2.05, 4.69) is 25.3 Å². The number of aromatic amines is 1. The van der Waals surface area contributed by atoms with Crippen LogP contribution in [0.5, 0.6) is 0 Å². The molecule has 0 saturated carbocycles. The van der Waals surface area contributed by atoms with E-state index in [-0.39, 0.29) is 6.61 Å². The molecule has 0 aliphatic heterocycles. The quantitative estimate of drug-likeness (QED) is 0.695. The van der Waals surface area contributed by atoms with E-state index in [4.69, 9.17) is 5.11 Å². The second-order valence-electron chi connectivity index (χ2n) is 3.81. The summed E-state index contributed by atoms with van der Waals surface area (Å²) in [6.45, 7) is 6.14. The second kappa shape index (κ2) is 5.63. The van der Waals surface area contributed by atoms with E-state index in [0.717, 1.165) is 24.4 Å². The van der Waals surface area contributed by atoms with Crippen molar-refractivity contribution >= 4 is 22.9 Å². The van der Waals surface area contributed by atoms with E-state index < -0.39 is 0 Å². The summed E-state index contributed by atoms with van der Waals surface area (Å²) in [5, 5.41) is 12.2. The summed E-state index contributed by atoms with van der Waals surface area (Å²) in [4.78, 5) is 18.0. The molecule has 2 rings (SSSR count). The van der Waals surface area contributed by atoms with E-state index in [1.54, 1.807) is 6.33 Å². The van der Waals surface area contributed by atoms with Crippen molar-refractivity contribution < 1.29 is 5.11 Å². The van der Waals surface area contributed by atoms with Crippen LogP contribution in [-0.4, -0.2) is 51.3 Å². The number of aromatic nitrogens is 4. The summed E-state index contributed by atoms with van der Waals surface area (Å²) < 4.78 is 0. The highest BCUT2D eigenvalue weighted by Gasteiger charge is 2.14. The van der Waals surface area contributed by atoms with Crippen LogP contribution >= 0.6 is 0 Å². The first kappa shape index (κ1) is 12.6. The van der Waals surface area contributed by atoms with Gasteiger partial charge in [-0.2, -0.15) is 9.97 Å². The maximum atomic E-state index is 9.10. The fraction of sp³-hybridized carbons (Fsp3) is 0.545. The summed E-state index contributed by atoms with van der Waals surface area (Å²) in [5.74, 6) is 1.33. The van der Waals surface area contributed by atoms with Gasteiger partial charge in [0.1, 0.15) is 5.52 Å². The molecule has 0 saturated heterocycles. The Morgan fingerprint density at radius 3 is 2.89 bits per heavy atom. The maximum Gasteiger partial charge on any atom is 0.226 e. The van der Waals surface area contributed by atoms with Gasteiger partial charge in [-0.05, 0) is 13.8 Å². The van der Waals surface area contributed by atoms with Gasteiger partial charge in [0, 0.05) is 19.6 Å². The van der Waals surface area contributed by atoms with Crippen molar-refractivity contribution in [1.29, 1.82) is 0 Å². The van der Waals surface area contributed by atoms with Crippen LogP contribution in [0, 0.1) is 0 Å². The molecule has 7 heteroatoms. The predicted octanol–water partition coefficient (Wildman–Crippen LogP) is 0.603. The van der Waals surface area contributed by atoms with Crippen LogP contribution in [0.3, 0.4) is 0 Å². The highest BCUT2D eigenvalue weighted by Crippen LogP contribution is 2.22. The third kappa shape index (κ3) is 2.35. The smallest absolute Gasteiger partial charge is 0.226 e. The molecule has 18 heavy (non-hydrogen) atoms. The lowest BCUT2D eigenvalue weighted by molar-refractivity contribution is 0.302. The summed E-state index contributed by atoms with van der Waals surface area (Å²) in [6.07, 6.45) is 1.60. The highest BCUT2D eigenvalue weighted by molar-refractivity contribution is 5.84. The van der Waals surface area contributed by atoms with Gasteiger partial charge < -0.3 is 20.3 Å². The molecule has 0 atom stereocenters. The molecule has 0 aromatic carbocycles. The zero-order valence-corrected chi connectivity index (χ0v) is 10.6. The van der Waals surface area contributed by atoms with Crippen LogP contribution in [0.1, 0.15) is 13.8 Å². The minimum Gasteiger partial charge on any atom is -0.395 e. The molecule has 0 aliphatic rings. The summed E-state index contributed by atoms with van der Waals surface area (Å²) >= 11 is 0. The molecule has 0 unspecified atom stereocenters. The molecule has 2 aromatic heterocycles. The van der Waals surface area contributed by atoms with Gasteiger partial charge >= 0.3 is 0 Å². The van der Waals surface area contributed by atoms with Gasteiger partial charge in [0.2, 0.25) is 5.95 Å². The summed E-state index contributed by atoms with van der Waals surface area (Å²) in [6, 6.07) is 0. The molecular formula is C11H18N6O. The van der Waals surface area contributed by atoms with E-state index in [1.165, 1.54) is 0 Å². The number of aliphatic hydroxyl groups excluding tert-OH is 1. The number of H-pyrrole nitrogens is 1. The number of aliphatic hydroxyl groups is 1.